The summed E-state index contributed by atoms with van der Waals surface area (Å²) in [5.41, 5.74) is 0.581. The van der Waals surface area contributed by atoms with E-state index in [1.54, 1.807) is 6.20 Å². The molecule has 1 aromatic heterocycles. The first-order valence-electron chi connectivity index (χ1n) is 5.66. The van der Waals surface area contributed by atoms with Gasteiger partial charge in [0.2, 0.25) is 0 Å². The molecule has 0 atom stereocenters. The fourth-order valence-corrected chi connectivity index (χ4v) is 2.30. The van der Waals surface area contributed by atoms with Gasteiger partial charge in [0.25, 0.3) is 0 Å². The van der Waals surface area contributed by atoms with Crippen molar-refractivity contribution in [3.05, 3.63) is 40.6 Å². The van der Waals surface area contributed by atoms with Crippen LogP contribution in [0.15, 0.2) is 34.9 Å². The van der Waals surface area contributed by atoms with Crippen LogP contribution in [-0.2, 0) is 0 Å². The molecule has 0 spiro atoms. The van der Waals surface area contributed by atoms with Crippen molar-refractivity contribution >= 4 is 32.5 Å². The largest absolute Gasteiger partial charge is 0.292 e. The van der Waals surface area contributed by atoms with E-state index >= 15 is 0 Å². The maximum atomic E-state index is 12.1. The lowest BCUT2D eigenvalue weighted by Crippen LogP contribution is -2.06. The summed E-state index contributed by atoms with van der Waals surface area (Å²) in [5, 5.41) is 1.96. The number of hydrogen-bond acceptors (Lipinski definition) is 2. The van der Waals surface area contributed by atoms with Gasteiger partial charge in [-0.1, -0.05) is 38.1 Å². The van der Waals surface area contributed by atoms with Gasteiger partial charge in [0, 0.05) is 22.5 Å². The molecule has 2 aromatic rings. The summed E-state index contributed by atoms with van der Waals surface area (Å²) in [6.45, 7) is 4.08. The lowest BCUT2D eigenvalue weighted by Gasteiger charge is -2.07. The van der Waals surface area contributed by atoms with Gasteiger partial charge in [0.15, 0.2) is 5.78 Å². The molecule has 0 saturated carbocycles. The average molecular weight is 292 g/mol. The summed E-state index contributed by atoms with van der Waals surface area (Å²) in [4.78, 5) is 16.4. The van der Waals surface area contributed by atoms with Crippen molar-refractivity contribution in [1.29, 1.82) is 0 Å². The fraction of sp³-hybridized carbons (Fsp3) is 0.286. The zero-order valence-electron chi connectivity index (χ0n) is 9.90. The number of benzene rings is 1. The van der Waals surface area contributed by atoms with Gasteiger partial charge in [-0.05, 0) is 27.2 Å². The summed E-state index contributed by atoms with van der Waals surface area (Å²) < 4.78 is 0.925. The van der Waals surface area contributed by atoms with E-state index in [1.165, 1.54) is 0 Å². The second kappa shape index (κ2) is 4.96. The third-order valence-corrected chi connectivity index (χ3v) is 3.24. The smallest absolute Gasteiger partial charge is 0.182 e. The molecular weight excluding hydrogens is 278 g/mol. The molecule has 0 N–H and O–H groups in total. The van der Waals surface area contributed by atoms with Crippen molar-refractivity contribution in [3.8, 4) is 0 Å². The van der Waals surface area contributed by atoms with E-state index < -0.39 is 0 Å². The topological polar surface area (TPSA) is 30.0 Å². The lowest BCUT2D eigenvalue weighted by molar-refractivity contribution is 0.0965. The molecule has 0 fully saturated rings. The van der Waals surface area contributed by atoms with Gasteiger partial charge in [-0.25, -0.2) is 0 Å². The monoisotopic (exact) mass is 291 g/mol. The summed E-state index contributed by atoms with van der Waals surface area (Å²) >= 11 is 3.46. The fourth-order valence-electron chi connectivity index (χ4n) is 1.85. The molecule has 0 aliphatic rings. The summed E-state index contributed by atoms with van der Waals surface area (Å²) in [7, 11) is 0. The van der Waals surface area contributed by atoms with E-state index in [9.17, 15) is 4.79 Å². The Hall–Kier alpha value is -1.22. The average Bonchev–Trinajstić information content (AvgIpc) is 2.29. The molecule has 0 aliphatic heterocycles. The van der Waals surface area contributed by atoms with Gasteiger partial charge in [0.05, 0.1) is 0 Å². The number of nitrogens with zero attached hydrogens (tertiary/aromatic N) is 1. The van der Waals surface area contributed by atoms with Crippen molar-refractivity contribution in [2.75, 3.05) is 0 Å². The maximum Gasteiger partial charge on any atom is 0.182 e. The number of fused-ring (bicyclic) bond motifs is 1. The predicted molar refractivity (Wildman–Crippen MR) is 73.2 cm³/mol. The van der Waals surface area contributed by atoms with E-state index in [4.69, 9.17) is 0 Å². The van der Waals surface area contributed by atoms with Crippen LogP contribution < -0.4 is 0 Å². The molecule has 0 bridgehead atoms. The Morgan fingerprint density at radius 2 is 1.94 bits per heavy atom. The molecule has 0 amide bonds. The number of Topliss-reactive ketones (excluding diaryl/α,β-unsaturated/α-hetero) is 1. The number of rotatable bonds is 3. The first kappa shape index (κ1) is 12.2. The van der Waals surface area contributed by atoms with Gasteiger partial charge >= 0.3 is 0 Å². The quantitative estimate of drug-likeness (QED) is 0.792. The van der Waals surface area contributed by atoms with Crippen LogP contribution in [-0.4, -0.2) is 10.8 Å². The second-order valence-electron chi connectivity index (χ2n) is 4.52. The minimum Gasteiger partial charge on any atom is -0.292 e. The first-order valence-corrected chi connectivity index (χ1v) is 6.45. The molecule has 0 radical (unpaired) electrons. The lowest BCUT2D eigenvalue weighted by atomic mass is 10.0. The highest BCUT2D eigenvalue weighted by Crippen LogP contribution is 2.26. The Morgan fingerprint density at radius 1 is 1.29 bits per heavy atom. The second-order valence-corrected chi connectivity index (χ2v) is 5.38. The number of pyridine rings is 1. The molecule has 0 saturated heterocycles. The van der Waals surface area contributed by atoms with E-state index in [-0.39, 0.29) is 5.78 Å². The van der Waals surface area contributed by atoms with E-state index in [0.29, 0.717) is 18.0 Å². The van der Waals surface area contributed by atoms with Crippen LogP contribution in [0.5, 0.6) is 0 Å². The number of hydrogen-bond donors (Lipinski definition) is 0. The molecule has 2 rings (SSSR count). The van der Waals surface area contributed by atoms with Crippen LogP contribution in [0.3, 0.4) is 0 Å². The first-order chi connectivity index (χ1) is 8.09. The number of carbonyl (C=O) groups excluding carboxylic acids is 1. The van der Waals surface area contributed by atoms with Gasteiger partial charge < -0.3 is 0 Å². The SMILES string of the molecule is CC(C)CC(=O)c1ncc(Br)c2ccccc12. The minimum atomic E-state index is 0.115. The van der Waals surface area contributed by atoms with Crippen LogP contribution in [0.4, 0.5) is 0 Å². The Balaban J connectivity index is 2.55. The van der Waals surface area contributed by atoms with Crippen LogP contribution in [0.1, 0.15) is 30.8 Å². The van der Waals surface area contributed by atoms with Gasteiger partial charge in [-0.15, -0.1) is 0 Å². The number of ketones is 1. The normalized spacial score (nSPS) is 11.1. The molecule has 3 heteroatoms. The number of halogens is 1. The summed E-state index contributed by atoms with van der Waals surface area (Å²) in [6.07, 6.45) is 2.24. The van der Waals surface area contributed by atoms with Gasteiger partial charge in [-0.2, -0.15) is 0 Å². The number of aromatic nitrogens is 1. The van der Waals surface area contributed by atoms with Crippen molar-refractivity contribution in [1.82, 2.24) is 4.98 Å². The van der Waals surface area contributed by atoms with Crippen molar-refractivity contribution in [3.63, 3.8) is 0 Å². The Labute approximate surface area is 109 Å². The zero-order chi connectivity index (χ0) is 12.4. The van der Waals surface area contributed by atoms with Crippen molar-refractivity contribution in [2.24, 2.45) is 5.92 Å². The highest BCUT2D eigenvalue weighted by atomic mass is 79.9. The molecule has 2 nitrogen and oxygen atoms in total. The molecule has 0 unspecified atom stereocenters. The van der Waals surface area contributed by atoms with Crippen LogP contribution >= 0.6 is 15.9 Å². The summed E-state index contributed by atoms with van der Waals surface area (Å²) in [6, 6.07) is 7.83. The molecule has 88 valence electrons. The van der Waals surface area contributed by atoms with Crippen LogP contribution in [0.2, 0.25) is 0 Å². The van der Waals surface area contributed by atoms with E-state index in [2.05, 4.69) is 20.9 Å². The molecule has 1 aromatic carbocycles. The highest BCUT2D eigenvalue weighted by Gasteiger charge is 2.14. The molecule has 0 aliphatic carbocycles. The third-order valence-electron chi connectivity index (χ3n) is 2.60. The molecular formula is C14H14BrNO. The molecule has 17 heavy (non-hydrogen) atoms. The third kappa shape index (κ3) is 2.55. The Bertz CT molecular complexity index is 563. The van der Waals surface area contributed by atoms with Crippen LogP contribution in [0.25, 0.3) is 10.8 Å². The van der Waals surface area contributed by atoms with Crippen molar-refractivity contribution in [2.45, 2.75) is 20.3 Å². The van der Waals surface area contributed by atoms with E-state index in [0.717, 1.165) is 15.2 Å². The van der Waals surface area contributed by atoms with Crippen LogP contribution in [0, 0.1) is 5.92 Å². The van der Waals surface area contributed by atoms with Crippen molar-refractivity contribution < 1.29 is 4.79 Å². The maximum absolute atomic E-state index is 12.1. The Kier molecular flexibility index (Phi) is 3.57. The Morgan fingerprint density at radius 3 is 2.59 bits per heavy atom. The van der Waals surface area contributed by atoms with Gasteiger partial charge in [0.1, 0.15) is 5.69 Å². The predicted octanol–water partition coefficient (Wildman–Crippen LogP) is 4.23. The minimum absolute atomic E-state index is 0.115. The summed E-state index contributed by atoms with van der Waals surface area (Å²) in [5.74, 6) is 0.468. The zero-order valence-corrected chi connectivity index (χ0v) is 11.5. The standard InChI is InChI=1S/C14H14BrNO/c1-9(2)7-13(17)14-11-6-4-3-5-10(11)12(15)8-16-14/h3-6,8-9H,7H2,1-2H3. The van der Waals surface area contributed by atoms with E-state index in [1.807, 2.05) is 38.1 Å². The number of carbonyl (C=O) groups is 1. The molecule has 1 heterocycles. The van der Waals surface area contributed by atoms with Gasteiger partial charge in [-0.3, -0.25) is 9.78 Å². The highest BCUT2D eigenvalue weighted by molar-refractivity contribution is 9.10.